The quantitative estimate of drug-likeness (QED) is 0.0126. The number of alkyl carbamates (subject to hydrolysis) is 6. The van der Waals surface area contributed by atoms with Gasteiger partial charge in [0.25, 0.3) is 0 Å². The fraction of sp³-hybridized carbons (Fsp3) is 0.440. The maximum Gasteiger partial charge on any atom is 0.410 e. The Hall–Kier alpha value is -10.4. The first kappa shape index (κ1) is 79.0. The summed E-state index contributed by atoms with van der Waals surface area (Å²) in [6.45, 7) is 15.3. The minimum Gasteiger partial charge on any atom is -0.493 e. The van der Waals surface area contributed by atoms with Crippen molar-refractivity contribution in [2.75, 3.05) is 80.6 Å². The van der Waals surface area contributed by atoms with Crippen LogP contribution >= 0.6 is 0 Å². The molecule has 6 aromatic rings. The van der Waals surface area contributed by atoms with E-state index < -0.39 is 72.0 Å². The van der Waals surface area contributed by atoms with Crippen LogP contribution in [0.15, 0.2) is 127 Å². The Morgan fingerprint density at radius 2 is 0.578 bits per heavy atom. The molecule has 6 amide bonds. The van der Waals surface area contributed by atoms with E-state index >= 15 is 0 Å². The molecule has 0 fully saturated rings. The van der Waals surface area contributed by atoms with Gasteiger partial charge in [0.1, 0.15) is 56.4 Å². The number of amides is 6. The van der Waals surface area contributed by atoms with Gasteiger partial charge in [-0.15, -0.1) is 0 Å². The van der Waals surface area contributed by atoms with E-state index in [0.717, 1.165) is 50.1 Å². The molecular weight excluding hydrogens is 1320 g/mol. The Morgan fingerprint density at radius 3 is 0.804 bits per heavy atom. The molecule has 0 unspecified atom stereocenters. The standard InChI is InChI=1S/C75H96N6O21/c1-73(2,3)100-70(85)79-64(46-91-43-49-22-16-13-17-23-49)97-67(82)76-28-31-94-61-40-55-34-53-38-59(89-11)63(96-33-30-78-69(84)99-66(81-72(87)102-75(7,8)9)48-93-45-51-26-20-15-21-27-51)42-57(53)36-54-39-60(90-12)62(41-56(54)35-52(55)37-58(61)88-10)95-32-29-77-68(83)98-65(80-71(86)101-74(4,5)6)47-92-44-50-24-18-14-19-25-50/h13-27,37-42,64-66H,28-36,43-48H2,1-12H3,(H,76,82)(H,77,83)(H,78,84)(H,79,85)(H,80,86)(H,81,87)/t64-,65-,66-/m0/s1. The number of fused-ring (bicyclic) bond motifs is 3. The Morgan fingerprint density at radius 1 is 0.343 bits per heavy atom. The van der Waals surface area contributed by atoms with Crippen LogP contribution in [0, 0.1) is 0 Å². The zero-order valence-electron chi connectivity index (χ0n) is 60.0. The molecule has 0 radical (unpaired) electrons. The van der Waals surface area contributed by atoms with Crippen molar-refractivity contribution >= 4 is 36.6 Å². The van der Waals surface area contributed by atoms with E-state index in [9.17, 15) is 28.8 Å². The van der Waals surface area contributed by atoms with Crippen molar-refractivity contribution in [3.05, 3.63) is 177 Å². The van der Waals surface area contributed by atoms with Gasteiger partial charge in [0.05, 0.1) is 60.8 Å². The van der Waals surface area contributed by atoms with Crippen molar-refractivity contribution in [2.24, 2.45) is 0 Å². The molecule has 0 bridgehead atoms. The summed E-state index contributed by atoms with van der Waals surface area (Å²) in [6.07, 6.45) is -7.52. The van der Waals surface area contributed by atoms with Crippen LogP contribution in [0.1, 0.15) is 112 Å². The molecule has 0 saturated heterocycles. The number of hydrogen-bond acceptors (Lipinski definition) is 21. The van der Waals surface area contributed by atoms with Crippen molar-refractivity contribution in [1.82, 2.24) is 31.9 Å². The topological polar surface area (TPSA) is 313 Å². The van der Waals surface area contributed by atoms with E-state index in [2.05, 4.69) is 31.9 Å². The number of nitrogens with one attached hydrogen (secondary N) is 6. The average Bonchev–Trinajstić information content (AvgIpc) is 1.62. The van der Waals surface area contributed by atoms with E-state index in [4.69, 9.17) is 71.1 Å². The van der Waals surface area contributed by atoms with Gasteiger partial charge in [-0.25, -0.2) is 28.8 Å². The lowest BCUT2D eigenvalue weighted by atomic mass is 9.94. The SMILES string of the molecule is COc1cc2c(cc1OCCNC(=O)O[C@@H](COCc1ccccc1)NC(=O)OC(C)(C)C)Cc1cc(OC)c(OCCNC(=O)O[C@@H](COCc3ccccc3)NC(=O)OC(C)(C)C)cc1Cc1cc(OC)c(OCCNC(=O)O[C@@H](COCc3ccccc3)NC(=O)OC(C)(C)C)cc1C2. The monoisotopic (exact) mass is 1420 g/mol. The molecule has 0 saturated carbocycles. The van der Waals surface area contributed by atoms with Gasteiger partial charge in [-0.2, -0.15) is 0 Å². The van der Waals surface area contributed by atoms with Gasteiger partial charge in [0.2, 0.25) is 18.7 Å². The molecule has 27 heteroatoms. The van der Waals surface area contributed by atoms with Gasteiger partial charge < -0.3 is 87.0 Å². The van der Waals surface area contributed by atoms with Crippen molar-refractivity contribution in [3.8, 4) is 34.5 Å². The Bertz CT molecular complexity index is 3300. The number of carbonyl (C=O) groups is 6. The smallest absolute Gasteiger partial charge is 0.410 e. The van der Waals surface area contributed by atoms with E-state index in [0.29, 0.717) is 53.8 Å². The Labute approximate surface area is 595 Å². The van der Waals surface area contributed by atoms with Crippen molar-refractivity contribution in [1.29, 1.82) is 0 Å². The molecule has 0 aliphatic heterocycles. The molecule has 6 aromatic carbocycles. The zero-order valence-corrected chi connectivity index (χ0v) is 60.0. The minimum atomic E-state index is -1.21. The summed E-state index contributed by atoms with van der Waals surface area (Å²) in [7, 11) is 4.56. The van der Waals surface area contributed by atoms with Crippen molar-refractivity contribution in [3.63, 3.8) is 0 Å². The summed E-state index contributed by atoms with van der Waals surface area (Å²) in [4.78, 5) is 78.3. The number of hydrogen-bond donors (Lipinski definition) is 6. The Balaban J connectivity index is 1.09. The fourth-order valence-corrected chi connectivity index (χ4v) is 10.0. The maximum absolute atomic E-state index is 13.3. The molecule has 102 heavy (non-hydrogen) atoms. The second-order valence-corrected chi connectivity index (χ2v) is 26.3. The summed E-state index contributed by atoms with van der Waals surface area (Å²) in [5, 5.41) is 15.7. The van der Waals surface area contributed by atoms with E-state index in [1.165, 1.54) is 21.3 Å². The van der Waals surface area contributed by atoms with Crippen LogP contribution in [0.5, 0.6) is 34.5 Å². The lowest BCUT2D eigenvalue weighted by Gasteiger charge is -2.24. The summed E-state index contributed by atoms with van der Waals surface area (Å²) in [6, 6.07) is 39.5. The van der Waals surface area contributed by atoms with Crippen LogP contribution in [0.2, 0.25) is 0 Å². The first-order valence-electron chi connectivity index (χ1n) is 33.3. The van der Waals surface area contributed by atoms with Crippen LogP contribution in [-0.2, 0) is 81.7 Å². The normalized spacial score (nSPS) is 12.7. The number of rotatable bonds is 33. The van der Waals surface area contributed by atoms with Crippen LogP contribution in [0.4, 0.5) is 28.8 Å². The highest BCUT2D eigenvalue weighted by atomic mass is 16.6. The Kier molecular flexibility index (Phi) is 30.2. The average molecular weight is 1420 g/mol. The predicted molar refractivity (Wildman–Crippen MR) is 375 cm³/mol. The molecule has 1 aliphatic rings. The number of carbonyl (C=O) groups excluding carboxylic acids is 6. The minimum absolute atomic E-state index is 0.0245. The van der Waals surface area contributed by atoms with Crippen LogP contribution in [0.3, 0.4) is 0 Å². The molecule has 0 spiro atoms. The fourth-order valence-electron chi connectivity index (χ4n) is 10.0. The van der Waals surface area contributed by atoms with Gasteiger partial charge in [-0.05, 0) is 168 Å². The molecule has 3 atom stereocenters. The van der Waals surface area contributed by atoms with E-state index in [1.54, 1.807) is 62.3 Å². The summed E-state index contributed by atoms with van der Waals surface area (Å²) >= 11 is 0. The molecule has 6 N–H and O–H groups in total. The highest BCUT2D eigenvalue weighted by Crippen LogP contribution is 2.41. The van der Waals surface area contributed by atoms with Crippen LogP contribution in [0.25, 0.3) is 0 Å². The molecule has 552 valence electrons. The van der Waals surface area contributed by atoms with Crippen molar-refractivity contribution < 1.29 is 99.8 Å². The lowest BCUT2D eigenvalue weighted by Crippen LogP contribution is -2.46. The van der Waals surface area contributed by atoms with Gasteiger partial charge in [0, 0.05) is 0 Å². The second kappa shape index (κ2) is 39.0. The largest absolute Gasteiger partial charge is 0.493 e. The molecule has 27 nitrogen and oxygen atoms in total. The third-order valence-corrected chi connectivity index (χ3v) is 14.4. The van der Waals surface area contributed by atoms with Gasteiger partial charge in [-0.1, -0.05) is 91.0 Å². The second-order valence-electron chi connectivity index (χ2n) is 26.3. The molecule has 0 aromatic heterocycles. The van der Waals surface area contributed by atoms with Gasteiger partial charge in [-0.3, -0.25) is 16.0 Å². The van der Waals surface area contributed by atoms with Gasteiger partial charge in [0.15, 0.2) is 34.5 Å². The molecule has 7 rings (SSSR count). The highest BCUT2D eigenvalue weighted by Gasteiger charge is 2.28. The van der Waals surface area contributed by atoms with Crippen molar-refractivity contribution in [2.45, 2.75) is 137 Å². The van der Waals surface area contributed by atoms with E-state index in [-0.39, 0.29) is 79.1 Å². The lowest BCUT2D eigenvalue weighted by molar-refractivity contribution is -0.0132. The van der Waals surface area contributed by atoms with Crippen LogP contribution in [-0.4, -0.2) is 153 Å². The maximum atomic E-state index is 13.3. The zero-order chi connectivity index (χ0) is 73.7. The summed E-state index contributed by atoms with van der Waals surface area (Å²) in [5.74, 6) is 2.29. The number of methoxy groups -OCH3 is 3. The molecular formula is C75H96N6O21. The highest BCUT2D eigenvalue weighted by molar-refractivity contribution is 5.72. The molecule has 0 heterocycles. The molecule has 1 aliphatic carbocycles. The summed E-state index contributed by atoms with van der Waals surface area (Å²) < 4.78 is 87.4. The third kappa shape index (κ3) is 28.3. The first-order chi connectivity index (χ1) is 48.7. The first-order valence-corrected chi connectivity index (χ1v) is 33.3. The number of ether oxygens (including phenoxy) is 15. The predicted octanol–water partition coefficient (Wildman–Crippen LogP) is 11.3. The van der Waals surface area contributed by atoms with Crippen LogP contribution < -0.4 is 60.3 Å². The van der Waals surface area contributed by atoms with E-state index in [1.807, 2.05) is 127 Å². The summed E-state index contributed by atoms with van der Waals surface area (Å²) in [5.41, 5.74) is 5.28. The number of benzene rings is 6. The van der Waals surface area contributed by atoms with Gasteiger partial charge >= 0.3 is 36.6 Å². The third-order valence-electron chi connectivity index (χ3n) is 14.4.